The minimum absolute atomic E-state index is 0.128. The Hall–Kier alpha value is -1.94. The van der Waals surface area contributed by atoms with Crippen molar-refractivity contribution in [3.8, 4) is 0 Å². The van der Waals surface area contributed by atoms with Gasteiger partial charge in [0.15, 0.2) is 0 Å². The maximum absolute atomic E-state index is 12.5. The second kappa shape index (κ2) is 10.4. The molecule has 0 radical (unpaired) electrons. The van der Waals surface area contributed by atoms with E-state index in [2.05, 4.69) is 31.2 Å². The lowest BCUT2D eigenvalue weighted by atomic mass is 9.63. The molecule has 0 spiro atoms. The number of carbonyl (C=O) groups excluding carboxylic acids is 1. The van der Waals surface area contributed by atoms with Crippen LogP contribution in [0.2, 0.25) is 0 Å². The van der Waals surface area contributed by atoms with Crippen molar-refractivity contribution in [3.05, 3.63) is 47.5 Å². The Morgan fingerprint density at radius 3 is 2.53 bits per heavy atom. The van der Waals surface area contributed by atoms with Gasteiger partial charge >= 0.3 is 5.97 Å². The highest BCUT2D eigenvalue weighted by atomic mass is 16.4. The number of hydrogen-bond acceptors (Lipinski definition) is 3. The van der Waals surface area contributed by atoms with Gasteiger partial charge in [-0.2, -0.15) is 0 Å². The summed E-state index contributed by atoms with van der Waals surface area (Å²) in [5.41, 5.74) is 2.91. The first kappa shape index (κ1) is 22.7. The van der Waals surface area contributed by atoms with Crippen LogP contribution in [0, 0.1) is 11.3 Å². The molecule has 2 fully saturated rings. The number of aliphatic hydroxyl groups is 1. The molecule has 0 bridgehead atoms. The minimum atomic E-state index is -0.779. The van der Waals surface area contributed by atoms with Gasteiger partial charge < -0.3 is 10.2 Å². The van der Waals surface area contributed by atoms with E-state index in [-0.39, 0.29) is 30.5 Å². The average Bonchev–Trinajstić information content (AvgIpc) is 2.96. The topological polar surface area (TPSA) is 74.6 Å². The molecular weight excluding hydrogens is 376 g/mol. The average molecular weight is 413 g/mol. The third-order valence-corrected chi connectivity index (χ3v) is 7.13. The number of aliphatic carboxylic acids is 1. The standard InChI is InChI=1S/C26H36O4/c1-2-14-26(15-7-16-26)18-19-10-12-20(13-11-19)25-21(22(27)17-23(25)28)8-5-3-4-6-9-24(29)30/h3,5,10-13,21,23,25,28H,2,4,6-9,14-18H2,1H3,(H,29,30)/b5-3-/t21-,23+,25+/m0/s1. The third kappa shape index (κ3) is 5.60. The number of carboxylic acid groups (broad SMARTS) is 1. The van der Waals surface area contributed by atoms with Crippen molar-refractivity contribution in [1.82, 2.24) is 0 Å². The fraction of sp³-hybridized carbons (Fsp3) is 0.615. The molecule has 0 saturated heterocycles. The van der Waals surface area contributed by atoms with Gasteiger partial charge in [-0.25, -0.2) is 0 Å². The van der Waals surface area contributed by atoms with Crippen LogP contribution in [0.4, 0.5) is 0 Å². The summed E-state index contributed by atoms with van der Waals surface area (Å²) in [5.74, 6) is -0.995. The number of carbonyl (C=O) groups is 2. The summed E-state index contributed by atoms with van der Waals surface area (Å²) in [4.78, 5) is 23.1. The molecule has 3 atom stereocenters. The zero-order valence-electron chi connectivity index (χ0n) is 18.2. The summed E-state index contributed by atoms with van der Waals surface area (Å²) in [6, 6.07) is 8.62. The van der Waals surface area contributed by atoms with Crippen LogP contribution in [0.3, 0.4) is 0 Å². The highest BCUT2D eigenvalue weighted by Gasteiger charge is 2.41. The fourth-order valence-corrected chi connectivity index (χ4v) is 5.43. The Labute approximate surface area is 180 Å². The molecule has 2 saturated carbocycles. The van der Waals surface area contributed by atoms with Crippen molar-refractivity contribution in [3.63, 3.8) is 0 Å². The maximum atomic E-state index is 12.5. The van der Waals surface area contributed by atoms with Crippen molar-refractivity contribution in [2.75, 3.05) is 0 Å². The molecule has 0 aromatic heterocycles. The number of ketones is 1. The Bertz CT molecular complexity index is 745. The Morgan fingerprint density at radius 1 is 1.20 bits per heavy atom. The molecular formula is C26H36O4. The Balaban J connectivity index is 1.61. The van der Waals surface area contributed by atoms with E-state index in [1.165, 1.54) is 37.7 Å². The highest BCUT2D eigenvalue weighted by Crippen LogP contribution is 2.47. The predicted molar refractivity (Wildman–Crippen MR) is 118 cm³/mol. The molecule has 2 aliphatic carbocycles. The molecule has 0 aliphatic heterocycles. The lowest BCUT2D eigenvalue weighted by Crippen LogP contribution is -2.31. The van der Waals surface area contributed by atoms with Crippen LogP contribution in [0.5, 0.6) is 0 Å². The van der Waals surface area contributed by atoms with Gasteiger partial charge in [0, 0.05) is 24.7 Å². The van der Waals surface area contributed by atoms with E-state index in [1.54, 1.807) is 0 Å². The van der Waals surface area contributed by atoms with Crippen LogP contribution < -0.4 is 0 Å². The summed E-state index contributed by atoms with van der Waals surface area (Å²) in [5, 5.41) is 19.2. The quantitative estimate of drug-likeness (QED) is 0.375. The van der Waals surface area contributed by atoms with E-state index in [9.17, 15) is 14.7 Å². The van der Waals surface area contributed by atoms with Gasteiger partial charge in [0.2, 0.25) is 0 Å². The number of hydrogen-bond donors (Lipinski definition) is 2. The number of rotatable bonds is 11. The molecule has 1 aromatic rings. The summed E-state index contributed by atoms with van der Waals surface area (Å²) in [7, 11) is 0. The van der Waals surface area contributed by atoms with Gasteiger partial charge in [0.25, 0.3) is 0 Å². The first-order valence-corrected chi connectivity index (χ1v) is 11.6. The Kier molecular flexibility index (Phi) is 7.87. The van der Waals surface area contributed by atoms with Crippen LogP contribution in [0.25, 0.3) is 0 Å². The van der Waals surface area contributed by atoms with Crippen molar-refractivity contribution in [2.24, 2.45) is 11.3 Å². The zero-order valence-corrected chi connectivity index (χ0v) is 18.2. The lowest BCUT2D eigenvalue weighted by Gasteiger charge is -2.42. The molecule has 0 amide bonds. The number of Topliss-reactive ketones (excluding diaryl/α,β-unsaturated/α-hetero) is 1. The van der Waals surface area contributed by atoms with Crippen LogP contribution in [0.1, 0.15) is 88.2 Å². The molecule has 4 heteroatoms. The van der Waals surface area contributed by atoms with E-state index >= 15 is 0 Å². The SMILES string of the molecule is CCCC1(Cc2ccc([C@H]3[C@H](O)CC(=O)[C@@H]3C/C=C\CCCC(=O)O)cc2)CCC1. The van der Waals surface area contributed by atoms with Crippen LogP contribution in [-0.4, -0.2) is 28.1 Å². The fourth-order valence-electron chi connectivity index (χ4n) is 5.43. The number of benzene rings is 1. The van der Waals surface area contributed by atoms with Crippen LogP contribution in [0.15, 0.2) is 36.4 Å². The molecule has 2 N–H and O–H groups in total. The maximum Gasteiger partial charge on any atom is 0.303 e. The molecule has 4 nitrogen and oxygen atoms in total. The van der Waals surface area contributed by atoms with E-state index in [4.69, 9.17) is 5.11 Å². The number of aliphatic hydroxyl groups excluding tert-OH is 1. The number of unbranched alkanes of at least 4 members (excludes halogenated alkanes) is 1. The minimum Gasteiger partial charge on any atom is -0.481 e. The van der Waals surface area contributed by atoms with E-state index in [1.807, 2.05) is 12.2 Å². The lowest BCUT2D eigenvalue weighted by molar-refractivity contribution is -0.137. The molecule has 3 rings (SSSR count). The first-order valence-electron chi connectivity index (χ1n) is 11.6. The van der Waals surface area contributed by atoms with Gasteiger partial charge in [-0.05, 0) is 61.5 Å². The summed E-state index contributed by atoms with van der Waals surface area (Å²) >= 11 is 0. The van der Waals surface area contributed by atoms with Crippen LogP contribution in [-0.2, 0) is 16.0 Å². The van der Waals surface area contributed by atoms with Gasteiger partial charge in [-0.15, -0.1) is 0 Å². The van der Waals surface area contributed by atoms with Crippen LogP contribution >= 0.6 is 0 Å². The van der Waals surface area contributed by atoms with Gasteiger partial charge in [-0.3, -0.25) is 9.59 Å². The van der Waals surface area contributed by atoms with Gasteiger partial charge in [0.1, 0.15) is 5.78 Å². The molecule has 0 unspecified atom stereocenters. The molecule has 164 valence electrons. The molecule has 2 aliphatic rings. The van der Waals surface area contributed by atoms with Crippen molar-refractivity contribution >= 4 is 11.8 Å². The van der Waals surface area contributed by atoms with Gasteiger partial charge in [-0.1, -0.05) is 56.2 Å². The van der Waals surface area contributed by atoms with Gasteiger partial charge in [0.05, 0.1) is 6.10 Å². The summed E-state index contributed by atoms with van der Waals surface area (Å²) in [6.07, 6.45) is 13.3. The molecule has 0 heterocycles. The Morgan fingerprint density at radius 2 is 1.93 bits per heavy atom. The van der Waals surface area contributed by atoms with E-state index in [0.717, 1.165) is 12.0 Å². The monoisotopic (exact) mass is 412 g/mol. The molecule has 30 heavy (non-hydrogen) atoms. The zero-order chi connectivity index (χ0) is 21.6. The highest BCUT2D eigenvalue weighted by molar-refractivity contribution is 5.85. The summed E-state index contributed by atoms with van der Waals surface area (Å²) < 4.78 is 0. The second-order valence-corrected chi connectivity index (χ2v) is 9.39. The predicted octanol–water partition coefficient (Wildman–Crippen LogP) is 5.43. The van der Waals surface area contributed by atoms with Crippen molar-refractivity contribution < 1.29 is 19.8 Å². The third-order valence-electron chi connectivity index (χ3n) is 7.13. The number of allylic oxidation sites excluding steroid dienone is 2. The normalized spacial score (nSPS) is 25.5. The van der Waals surface area contributed by atoms with E-state index < -0.39 is 12.1 Å². The smallest absolute Gasteiger partial charge is 0.303 e. The molecule has 1 aromatic carbocycles. The van der Waals surface area contributed by atoms with Crippen molar-refractivity contribution in [2.45, 2.75) is 89.6 Å². The second-order valence-electron chi connectivity index (χ2n) is 9.39. The first-order chi connectivity index (χ1) is 14.4. The largest absolute Gasteiger partial charge is 0.481 e. The van der Waals surface area contributed by atoms with E-state index in [0.29, 0.717) is 24.7 Å². The summed E-state index contributed by atoms with van der Waals surface area (Å²) in [6.45, 7) is 2.27. The van der Waals surface area contributed by atoms with Crippen molar-refractivity contribution in [1.29, 1.82) is 0 Å². The number of carboxylic acids is 1.